The van der Waals surface area contributed by atoms with Crippen molar-refractivity contribution in [2.24, 2.45) is 7.05 Å². The first-order valence-electron chi connectivity index (χ1n) is 12.1. The van der Waals surface area contributed by atoms with Gasteiger partial charge >= 0.3 is 6.03 Å². The van der Waals surface area contributed by atoms with E-state index >= 15 is 0 Å². The predicted octanol–water partition coefficient (Wildman–Crippen LogP) is 2.40. The van der Waals surface area contributed by atoms with Gasteiger partial charge in [-0.15, -0.1) is 0 Å². The van der Waals surface area contributed by atoms with Gasteiger partial charge in [0, 0.05) is 69.8 Å². The number of likely N-dealkylation sites (tertiary alicyclic amines) is 1. The smallest absolute Gasteiger partial charge is 0.320 e. The fourth-order valence-corrected chi connectivity index (χ4v) is 4.94. The Labute approximate surface area is 208 Å². The average molecular weight is 483 g/mol. The van der Waals surface area contributed by atoms with Gasteiger partial charge < -0.3 is 14.7 Å². The number of carbonyl (C=O) groups excluding carboxylic acids is 1. The van der Waals surface area contributed by atoms with Crippen LogP contribution in [0.25, 0.3) is 28.0 Å². The molecule has 2 aliphatic rings. The van der Waals surface area contributed by atoms with E-state index in [-0.39, 0.29) is 6.03 Å². The van der Waals surface area contributed by atoms with Crippen molar-refractivity contribution < 1.29 is 4.79 Å². The fraction of sp³-hybridized carbons (Fsp3) is 0.360. The summed E-state index contributed by atoms with van der Waals surface area (Å²) in [4.78, 5) is 28.4. The Bertz CT molecular complexity index is 1450. The minimum atomic E-state index is 0.160. The topological polar surface area (TPSA) is 111 Å². The lowest BCUT2D eigenvalue weighted by molar-refractivity contribution is 0.159. The lowest BCUT2D eigenvalue weighted by Gasteiger charge is -2.37. The highest BCUT2D eigenvalue weighted by molar-refractivity contribution is 5.83. The standard InChI is InChI=1S/C25H26N10O/c1-31-16-20(15-28-31)21-17-35-24(19(12-26)14-29-35)23(30-21)18-4-5-22(27-13-18)32-8-10-34(11-9-32)25(36)33-6-2-3-7-33/h4-5,13-17H,2-3,6-11H2,1H3. The zero-order chi connectivity index (χ0) is 24.6. The maximum atomic E-state index is 12.7. The van der Waals surface area contributed by atoms with Gasteiger partial charge in [-0.05, 0) is 25.0 Å². The van der Waals surface area contributed by atoms with Crippen LogP contribution >= 0.6 is 0 Å². The van der Waals surface area contributed by atoms with E-state index in [1.165, 1.54) is 0 Å². The van der Waals surface area contributed by atoms with Crippen molar-refractivity contribution in [3.8, 4) is 28.6 Å². The van der Waals surface area contributed by atoms with Crippen molar-refractivity contribution in [3.63, 3.8) is 0 Å². The summed E-state index contributed by atoms with van der Waals surface area (Å²) in [7, 11) is 1.86. The minimum Gasteiger partial charge on any atom is -0.353 e. The number of pyridine rings is 1. The maximum Gasteiger partial charge on any atom is 0.320 e. The number of carbonyl (C=O) groups is 1. The van der Waals surface area contributed by atoms with Crippen LogP contribution in [0, 0.1) is 11.3 Å². The minimum absolute atomic E-state index is 0.160. The number of hydrogen-bond donors (Lipinski definition) is 0. The predicted molar refractivity (Wildman–Crippen MR) is 133 cm³/mol. The number of amides is 2. The summed E-state index contributed by atoms with van der Waals surface area (Å²) >= 11 is 0. The number of rotatable bonds is 3. The number of anilines is 1. The number of urea groups is 1. The first-order chi connectivity index (χ1) is 17.6. The molecule has 6 rings (SSSR count). The molecule has 2 saturated heterocycles. The van der Waals surface area contributed by atoms with E-state index in [1.807, 2.05) is 35.2 Å². The Morgan fingerprint density at radius 2 is 1.69 bits per heavy atom. The van der Waals surface area contributed by atoms with Gasteiger partial charge in [-0.25, -0.2) is 19.3 Å². The number of nitrogens with zero attached hydrogens (tertiary/aromatic N) is 10. The molecule has 4 aromatic rings. The second-order valence-electron chi connectivity index (χ2n) is 9.20. The molecule has 2 amide bonds. The van der Waals surface area contributed by atoms with Crippen LogP contribution in [-0.4, -0.2) is 84.5 Å². The molecule has 2 aliphatic heterocycles. The van der Waals surface area contributed by atoms with Gasteiger partial charge in [-0.3, -0.25) is 4.68 Å². The number of aromatic nitrogens is 6. The van der Waals surface area contributed by atoms with Gasteiger partial charge in [0.25, 0.3) is 0 Å². The van der Waals surface area contributed by atoms with Crippen molar-refractivity contribution >= 4 is 17.4 Å². The molecule has 0 aromatic carbocycles. The third-order valence-corrected chi connectivity index (χ3v) is 6.89. The summed E-state index contributed by atoms with van der Waals surface area (Å²) in [5.74, 6) is 0.862. The molecular formula is C25H26N10O. The molecular weight excluding hydrogens is 456 g/mol. The van der Waals surface area contributed by atoms with Crippen LogP contribution in [0.3, 0.4) is 0 Å². The quantitative estimate of drug-likeness (QED) is 0.441. The number of aryl methyl sites for hydroxylation is 1. The van der Waals surface area contributed by atoms with Crippen LogP contribution in [0.15, 0.2) is 43.1 Å². The van der Waals surface area contributed by atoms with Gasteiger partial charge in [-0.1, -0.05) is 0 Å². The van der Waals surface area contributed by atoms with Crippen molar-refractivity contribution in [2.45, 2.75) is 12.8 Å². The van der Waals surface area contributed by atoms with Crippen LogP contribution < -0.4 is 4.90 Å². The highest BCUT2D eigenvalue weighted by atomic mass is 16.2. The summed E-state index contributed by atoms with van der Waals surface area (Å²) in [5.41, 5.74) is 4.12. The lowest BCUT2D eigenvalue weighted by atomic mass is 10.1. The highest BCUT2D eigenvalue weighted by Crippen LogP contribution is 2.29. The lowest BCUT2D eigenvalue weighted by Crippen LogP contribution is -2.52. The molecule has 0 saturated carbocycles. The average Bonchev–Trinajstić information content (AvgIpc) is 3.69. The molecule has 0 N–H and O–H groups in total. The summed E-state index contributed by atoms with van der Waals surface area (Å²) in [6.07, 6.45) is 11.0. The SMILES string of the molecule is Cn1cc(-c2cn3ncc(C#N)c3c(-c3ccc(N4CCN(C(=O)N5CCCC5)CC4)nc3)n2)cn1. The van der Waals surface area contributed by atoms with Gasteiger partial charge in [0.15, 0.2) is 0 Å². The largest absolute Gasteiger partial charge is 0.353 e. The molecule has 0 bridgehead atoms. The van der Waals surface area contributed by atoms with Crippen LogP contribution in [-0.2, 0) is 7.05 Å². The summed E-state index contributed by atoms with van der Waals surface area (Å²) in [6.45, 7) is 4.61. The van der Waals surface area contributed by atoms with E-state index in [2.05, 4.69) is 21.2 Å². The molecule has 182 valence electrons. The molecule has 6 heterocycles. The third kappa shape index (κ3) is 3.90. The number of piperazine rings is 1. The number of hydrogen-bond acceptors (Lipinski definition) is 7. The molecule has 4 aromatic heterocycles. The molecule has 2 fully saturated rings. The Hall–Kier alpha value is -4.46. The first kappa shape index (κ1) is 22.0. The van der Waals surface area contributed by atoms with Gasteiger partial charge in [0.05, 0.1) is 30.0 Å². The van der Waals surface area contributed by atoms with Crippen molar-refractivity contribution in [1.29, 1.82) is 5.26 Å². The van der Waals surface area contributed by atoms with E-state index in [4.69, 9.17) is 9.97 Å². The highest BCUT2D eigenvalue weighted by Gasteiger charge is 2.27. The summed E-state index contributed by atoms with van der Waals surface area (Å²) < 4.78 is 3.41. The first-order valence-corrected chi connectivity index (χ1v) is 12.1. The second-order valence-corrected chi connectivity index (χ2v) is 9.20. The number of nitriles is 1. The molecule has 0 unspecified atom stereocenters. The van der Waals surface area contributed by atoms with E-state index in [0.29, 0.717) is 35.6 Å². The van der Waals surface area contributed by atoms with Gasteiger partial charge in [-0.2, -0.15) is 15.5 Å². The molecule has 0 radical (unpaired) electrons. The third-order valence-electron chi connectivity index (χ3n) is 6.89. The van der Waals surface area contributed by atoms with Crippen molar-refractivity contribution in [2.75, 3.05) is 44.2 Å². The maximum absolute atomic E-state index is 12.7. The zero-order valence-corrected chi connectivity index (χ0v) is 20.1. The van der Waals surface area contributed by atoms with E-state index in [9.17, 15) is 10.1 Å². The van der Waals surface area contributed by atoms with Crippen LogP contribution in [0.1, 0.15) is 18.4 Å². The molecule has 0 aliphatic carbocycles. The molecule has 0 atom stereocenters. The Morgan fingerprint density at radius 1 is 0.917 bits per heavy atom. The van der Waals surface area contributed by atoms with Crippen LogP contribution in [0.4, 0.5) is 10.6 Å². The van der Waals surface area contributed by atoms with Crippen molar-refractivity contribution in [3.05, 3.63) is 48.7 Å². The van der Waals surface area contributed by atoms with Gasteiger partial charge in [0.1, 0.15) is 23.0 Å². The number of fused-ring (bicyclic) bond motifs is 1. The fourth-order valence-electron chi connectivity index (χ4n) is 4.94. The van der Waals surface area contributed by atoms with E-state index < -0.39 is 0 Å². The van der Waals surface area contributed by atoms with E-state index in [1.54, 1.807) is 34.0 Å². The molecule has 0 spiro atoms. The Kier molecular flexibility index (Phi) is 5.48. The second kappa shape index (κ2) is 8.96. The van der Waals surface area contributed by atoms with E-state index in [0.717, 1.165) is 56.0 Å². The molecule has 36 heavy (non-hydrogen) atoms. The monoisotopic (exact) mass is 482 g/mol. The van der Waals surface area contributed by atoms with Crippen LogP contribution in [0.2, 0.25) is 0 Å². The normalized spacial score (nSPS) is 16.1. The van der Waals surface area contributed by atoms with Gasteiger partial charge in [0.2, 0.25) is 0 Å². The summed E-state index contributed by atoms with van der Waals surface area (Å²) in [6, 6.07) is 6.33. The summed E-state index contributed by atoms with van der Waals surface area (Å²) in [5, 5.41) is 18.3. The Morgan fingerprint density at radius 3 is 2.36 bits per heavy atom. The molecule has 11 nitrogen and oxygen atoms in total. The molecule has 11 heteroatoms. The van der Waals surface area contributed by atoms with Crippen molar-refractivity contribution in [1.82, 2.24) is 39.2 Å². The zero-order valence-electron chi connectivity index (χ0n) is 20.1. The Balaban J connectivity index is 1.25. The van der Waals surface area contributed by atoms with Crippen LogP contribution in [0.5, 0.6) is 0 Å².